The molecule has 1 aliphatic rings. The van der Waals surface area contributed by atoms with Gasteiger partial charge in [-0.2, -0.15) is 17.7 Å². The zero-order valence-corrected chi connectivity index (χ0v) is 16.9. The van der Waals surface area contributed by atoms with Gasteiger partial charge in [0.1, 0.15) is 5.82 Å². The Balaban J connectivity index is 1.20. The topological polar surface area (TPSA) is 92.7 Å². The molecule has 162 valence electrons. The lowest BCUT2D eigenvalue weighted by Gasteiger charge is -2.32. The summed E-state index contributed by atoms with van der Waals surface area (Å²) in [5.74, 6) is -0.963. The highest BCUT2D eigenvalue weighted by atomic mass is 32.1. The molecule has 1 N–H and O–H groups in total. The van der Waals surface area contributed by atoms with Gasteiger partial charge in [-0.15, -0.1) is 26.6 Å². The lowest BCUT2D eigenvalue weighted by Crippen LogP contribution is -2.40. The van der Waals surface area contributed by atoms with Gasteiger partial charge in [-0.05, 0) is 25.0 Å². The summed E-state index contributed by atoms with van der Waals surface area (Å²) in [6.07, 6.45) is 0.324. The lowest BCUT2D eigenvalue weighted by molar-refractivity contribution is -0.146. The number of hydrogen-bond donors (Lipinski definition) is 1. The lowest BCUT2D eigenvalue weighted by atomic mass is 9.96. The van der Waals surface area contributed by atoms with Crippen LogP contribution in [0.3, 0.4) is 0 Å². The molecule has 9 nitrogen and oxygen atoms in total. The van der Waals surface area contributed by atoms with Crippen LogP contribution in [0.2, 0.25) is 0 Å². The predicted octanol–water partition coefficient (Wildman–Crippen LogP) is 2.39. The fourth-order valence-electron chi connectivity index (χ4n) is 3.68. The van der Waals surface area contributed by atoms with Crippen molar-refractivity contribution >= 4 is 33.7 Å². The van der Waals surface area contributed by atoms with E-state index in [2.05, 4.69) is 25.6 Å². The monoisotopic (exact) mass is 450 g/mol. The Hall–Kier alpha value is -3.22. The summed E-state index contributed by atoms with van der Waals surface area (Å²) in [7, 11) is 0. The first-order chi connectivity index (χ1) is 14.9. The van der Waals surface area contributed by atoms with E-state index >= 15 is 0 Å². The van der Waals surface area contributed by atoms with Gasteiger partial charge < -0.3 is 10.2 Å². The number of piperidine rings is 1. The van der Waals surface area contributed by atoms with E-state index in [1.807, 2.05) is 27.1 Å². The van der Waals surface area contributed by atoms with Gasteiger partial charge in [-0.1, -0.05) is 0 Å². The molecule has 1 fully saturated rings. The number of aromatic nitrogens is 6. The van der Waals surface area contributed by atoms with Crippen molar-refractivity contribution in [1.82, 2.24) is 34.5 Å². The van der Waals surface area contributed by atoms with Crippen LogP contribution >= 0.6 is 11.3 Å². The van der Waals surface area contributed by atoms with Gasteiger partial charge in [0.05, 0.1) is 12.2 Å². The van der Waals surface area contributed by atoms with Crippen molar-refractivity contribution < 1.29 is 18.0 Å². The number of nitrogens with zero attached hydrogens (tertiary/aromatic N) is 7. The number of rotatable bonds is 4. The zero-order valence-electron chi connectivity index (χ0n) is 16.1. The van der Waals surface area contributed by atoms with E-state index in [0.717, 1.165) is 10.7 Å². The van der Waals surface area contributed by atoms with Gasteiger partial charge in [-0.3, -0.25) is 9.20 Å². The van der Waals surface area contributed by atoms with Gasteiger partial charge in [0.15, 0.2) is 10.6 Å². The highest BCUT2D eigenvalue weighted by Gasteiger charge is 2.38. The van der Waals surface area contributed by atoms with Crippen molar-refractivity contribution in [3.05, 3.63) is 41.4 Å². The fourth-order valence-corrected chi connectivity index (χ4v) is 4.40. The van der Waals surface area contributed by atoms with Crippen LogP contribution in [-0.2, 0) is 17.5 Å². The molecule has 4 aromatic rings. The maximum Gasteiger partial charge on any atom is 0.453 e. The summed E-state index contributed by atoms with van der Waals surface area (Å²) in [6, 6.07) is 3.08. The third-order valence-corrected chi connectivity index (χ3v) is 6.05. The molecule has 0 spiro atoms. The van der Waals surface area contributed by atoms with Crippen molar-refractivity contribution in [2.45, 2.75) is 25.6 Å². The van der Waals surface area contributed by atoms with E-state index in [0.29, 0.717) is 42.8 Å². The van der Waals surface area contributed by atoms with Gasteiger partial charge >= 0.3 is 6.18 Å². The van der Waals surface area contributed by atoms with Gasteiger partial charge in [0.25, 0.3) is 5.82 Å². The van der Waals surface area contributed by atoms with Crippen molar-refractivity contribution in [1.29, 1.82) is 0 Å². The van der Waals surface area contributed by atoms with Crippen molar-refractivity contribution in [3.63, 3.8) is 0 Å². The molecule has 0 saturated carbocycles. The number of thiazole rings is 1. The molecule has 31 heavy (non-hydrogen) atoms. The number of anilines is 1. The molecule has 1 saturated heterocycles. The average molecular weight is 450 g/mol. The van der Waals surface area contributed by atoms with Crippen LogP contribution in [-0.4, -0.2) is 48.2 Å². The fraction of sp³-hybridized carbons (Fsp3) is 0.389. The van der Waals surface area contributed by atoms with Crippen molar-refractivity contribution in [3.8, 4) is 0 Å². The van der Waals surface area contributed by atoms with Crippen LogP contribution in [0.25, 0.3) is 10.6 Å². The molecule has 0 aromatic carbocycles. The molecule has 4 aromatic heterocycles. The van der Waals surface area contributed by atoms with Crippen LogP contribution in [0.15, 0.2) is 29.9 Å². The molecule has 5 heterocycles. The molecule has 13 heteroatoms. The van der Waals surface area contributed by atoms with Crippen molar-refractivity contribution in [2.24, 2.45) is 5.92 Å². The maximum atomic E-state index is 13.1. The second kappa shape index (κ2) is 7.48. The minimum absolute atomic E-state index is 0.0319. The van der Waals surface area contributed by atoms with E-state index in [4.69, 9.17) is 0 Å². The van der Waals surface area contributed by atoms with E-state index in [-0.39, 0.29) is 17.5 Å². The number of amides is 1. The first kappa shape index (κ1) is 19.7. The number of carbonyl (C=O) groups is 1. The molecule has 1 amide bonds. The Morgan fingerprint density at radius 3 is 2.77 bits per heavy atom. The van der Waals surface area contributed by atoms with Crippen LogP contribution < -0.4 is 10.2 Å². The SMILES string of the molecule is O=C(NCc1cn2ccsc2n1)C1CCN(c2ccc3nnc(C(F)(F)F)n3n2)CC1. The Bertz CT molecular complexity index is 1210. The van der Waals surface area contributed by atoms with Gasteiger partial charge in [-0.25, -0.2) is 4.98 Å². The maximum absolute atomic E-state index is 13.1. The summed E-state index contributed by atoms with van der Waals surface area (Å²) in [6.45, 7) is 1.39. The minimum Gasteiger partial charge on any atom is -0.355 e. The van der Waals surface area contributed by atoms with Crippen LogP contribution in [0.5, 0.6) is 0 Å². The Kier molecular flexibility index (Phi) is 4.76. The first-order valence-electron chi connectivity index (χ1n) is 9.62. The number of nitrogens with one attached hydrogen (secondary N) is 1. The molecule has 0 unspecified atom stereocenters. The quantitative estimate of drug-likeness (QED) is 0.513. The first-order valence-corrected chi connectivity index (χ1v) is 10.5. The summed E-state index contributed by atoms with van der Waals surface area (Å²) in [4.78, 5) is 19.7. The summed E-state index contributed by atoms with van der Waals surface area (Å²) in [5.41, 5.74) is 0.828. The zero-order chi connectivity index (χ0) is 21.6. The van der Waals surface area contributed by atoms with E-state index in [1.54, 1.807) is 6.07 Å². The van der Waals surface area contributed by atoms with E-state index < -0.39 is 12.0 Å². The molecule has 5 rings (SSSR count). The van der Waals surface area contributed by atoms with Crippen molar-refractivity contribution in [2.75, 3.05) is 18.0 Å². The average Bonchev–Trinajstić information content (AvgIpc) is 3.45. The third kappa shape index (κ3) is 3.80. The summed E-state index contributed by atoms with van der Waals surface area (Å²) in [5, 5.41) is 15.7. The third-order valence-electron chi connectivity index (χ3n) is 5.28. The number of imidazole rings is 1. The van der Waals surface area contributed by atoms with Crippen LogP contribution in [0, 0.1) is 5.92 Å². The highest BCUT2D eigenvalue weighted by molar-refractivity contribution is 7.15. The molecule has 0 aliphatic carbocycles. The summed E-state index contributed by atoms with van der Waals surface area (Å²) >= 11 is 1.53. The molecule has 0 atom stereocenters. The largest absolute Gasteiger partial charge is 0.453 e. The van der Waals surface area contributed by atoms with Gasteiger partial charge in [0.2, 0.25) is 5.91 Å². The molecule has 0 bridgehead atoms. The van der Waals surface area contributed by atoms with E-state index in [1.165, 1.54) is 17.4 Å². The smallest absolute Gasteiger partial charge is 0.355 e. The molecular weight excluding hydrogens is 433 g/mol. The van der Waals surface area contributed by atoms with E-state index in [9.17, 15) is 18.0 Å². The van der Waals surface area contributed by atoms with Gasteiger partial charge in [0, 0.05) is 36.8 Å². The number of alkyl halides is 3. The standard InChI is InChI=1S/C18H17F3N8OS/c19-18(20,21)16-25-24-13-1-2-14(26-29(13)16)27-5-3-11(4-6-27)15(30)22-9-12-10-28-7-8-31-17(28)23-12/h1-2,7-8,10-11H,3-6,9H2,(H,22,30). The summed E-state index contributed by atoms with van der Waals surface area (Å²) < 4.78 is 41.9. The second-order valence-corrected chi connectivity index (χ2v) is 8.16. The number of hydrogen-bond acceptors (Lipinski definition) is 7. The second-order valence-electron chi connectivity index (χ2n) is 7.29. The number of carbonyl (C=O) groups excluding carboxylic acids is 1. The number of halogens is 3. The Labute approximate surface area is 177 Å². The Morgan fingerprint density at radius 1 is 1.23 bits per heavy atom. The molecule has 0 radical (unpaired) electrons. The predicted molar refractivity (Wildman–Crippen MR) is 106 cm³/mol. The van der Waals surface area contributed by atoms with Crippen LogP contribution in [0.1, 0.15) is 24.4 Å². The highest BCUT2D eigenvalue weighted by Crippen LogP contribution is 2.28. The molecule has 1 aliphatic heterocycles. The number of fused-ring (bicyclic) bond motifs is 2. The minimum atomic E-state index is -4.64. The normalized spacial score (nSPS) is 15.8. The van der Waals surface area contributed by atoms with Crippen LogP contribution in [0.4, 0.5) is 19.0 Å². The Morgan fingerprint density at radius 2 is 2.03 bits per heavy atom. The molecular formula is C18H17F3N8OS.